The van der Waals surface area contributed by atoms with E-state index >= 15 is 0 Å². The lowest BCUT2D eigenvalue weighted by molar-refractivity contribution is 0.724. The van der Waals surface area contributed by atoms with Crippen molar-refractivity contribution in [1.29, 1.82) is 0 Å². The third-order valence-corrected chi connectivity index (χ3v) is 5.94. The second-order valence-electron chi connectivity index (χ2n) is 7.36. The van der Waals surface area contributed by atoms with Gasteiger partial charge in [0, 0.05) is 16.5 Å². The number of nitrogens with zero attached hydrogens (tertiary/aromatic N) is 1. The molecular weight excluding hydrogens is 278 g/mol. The summed E-state index contributed by atoms with van der Waals surface area (Å²) in [6.07, 6.45) is 10.4. The Kier molecular flexibility index (Phi) is 3.14. The molecule has 1 aromatic heterocycles. The van der Waals surface area contributed by atoms with Crippen molar-refractivity contribution in [3.63, 3.8) is 0 Å². The molecule has 0 spiro atoms. The minimum absolute atomic E-state index is 0.771. The Morgan fingerprint density at radius 1 is 0.826 bits per heavy atom. The highest BCUT2D eigenvalue weighted by molar-refractivity contribution is 6.08. The van der Waals surface area contributed by atoms with Gasteiger partial charge in [-0.1, -0.05) is 37.1 Å². The first-order valence-electron chi connectivity index (χ1n) is 9.24. The Morgan fingerprint density at radius 2 is 1.70 bits per heavy atom. The summed E-state index contributed by atoms with van der Waals surface area (Å²) in [5.74, 6) is 0.771. The topological polar surface area (TPSA) is 12.9 Å². The molecule has 0 aliphatic heterocycles. The molecule has 0 N–H and O–H groups in total. The lowest BCUT2D eigenvalue weighted by Crippen LogP contribution is -1.97. The van der Waals surface area contributed by atoms with Crippen LogP contribution in [0.25, 0.3) is 21.7 Å². The molecule has 0 atom stereocenters. The molecule has 1 fully saturated rings. The first-order valence-corrected chi connectivity index (χ1v) is 9.24. The van der Waals surface area contributed by atoms with Gasteiger partial charge in [-0.2, -0.15) is 0 Å². The number of pyridine rings is 1. The SMILES string of the molecule is c1cc2c3c(nc4ccc(C5CCCC5)cc4c3c1)CCCC2. The first-order chi connectivity index (χ1) is 11.4. The van der Waals surface area contributed by atoms with Gasteiger partial charge in [0.2, 0.25) is 0 Å². The van der Waals surface area contributed by atoms with Gasteiger partial charge in [0.25, 0.3) is 0 Å². The first kappa shape index (κ1) is 13.5. The second kappa shape index (κ2) is 5.33. The molecule has 1 heteroatoms. The van der Waals surface area contributed by atoms with Gasteiger partial charge < -0.3 is 0 Å². The molecular formula is C22H23N. The molecule has 1 nitrogen and oxygen atoms in total. The number of benzene rings is 2. The van der Waals surface area contributed by atoms with Crippen LogP contribution in [-0.4, -0.2) is 4.98 Å². The summed E-state index contributed by atoms with van der Waals surface area (Å²) in [5, 5.41) is 4.27. The van der Waals surface area contributed by atoms with Crippen molar-refractivity contribution in [2.45, 2.75) is 57.3 Å². The lowest BCUT2D eigenvalue weighted by atomic mass is 9.93. The third-order valence-electron chi connectivity index (χ3n) is 5.94. The smallest absolute Gasteiger partial charge is 0.0711 e. The van der Waals surface area contributed by atoms with Crippen molar-refractivity contribution in [3.05, 3.63) is 53.2 Å². The van der Waals surface area contributed by atoms with E-state index in [9.17, 15) is 0 Å². The van der Waals surface area contributed by atoms with E-state index in [1.807, 2.05) is 0 Å². The second-order valence-corrected chi connectivity index (χ2v) is 7.36. The number of hydrogen-bond donors (Lipinski definition) is 0. The van der Waals surface area contributed by atoms with Gasteiger partial charge >= 0.3 is 0 Å². The molecule has 5 rings (SSSR count). The lowest BCUT2D eigenvalue weighted by Gasteiger charge is -2.14. The Balaban J connectivity index is 1.81. The van der Waals surface area contributed by atoms with Crippen LogP contribution in [0.2, 0.25) is 0 Å². The Labute approximate surface area is 137 Å². The molecule has 3 aromatic rings. The van der Waals surface area contributed by atoms with Crippen molar-refractivity contribution in [2.24, 2.45) is 0 Å². The summed E-state index contributed by atoms with van der Waals surface area (Å²) in [5.41, 5.74) is 5.56. The van der Waals surface area contributed by atoms with E-state index in [1.54, 1.807) is 0 Å². The minimum atomic E-state index is 0.771. The zero-order chi connectivity index (χ0) is 15.2. The molecule has 0 radical (unpaired) electrons. The normalized spacial score (nSPS) is 18.6. The molecule has 0 unspecified atom stereocenters. The summed E-state index contributed by atoms with van der Waals surface area (Å²) in [7, 11) is 0. The van der Waals surface area contributed by atoms with Crippen LogP contribution in [0.5, 0.6) is 0 Å². The van der Waals surface area contributed by atoms with Crippen LogP contribution >= 0.6 is 0 Å². The Hall–Kier alpha value is -1.89. The molecule has 1 saturated carbocycles. The standard InChI is InChI=1S/C22H23N/c1-2-7-15(6-1)17-12-13-20-19(14-17)18-10-5-9-16-8-3-4-11-21(23-20)22(16)18/h5,9-10,12-15H,1-4,6-8,11H2. The summed E-state index contributed by atoms with van der Waals surface area (Å²) in [6.45, 7) is 0. The van der Waals surface area contributed by atoms with Crippen molar-refractivity contribution < 1.29 is 0 Å². The van der Waals surface area contributed by atoms with Gasteiger partial charge in [0.05, 0.1) is 5.52 Å². The quantitative estimate of drug-likeness (QED) is 0.508. The number of aryl methyl sites for hydroxylation is 2. The van der Waals surface area contributed by atoms with Crippen molar-refractivity contribution in [3.8, 4) is 0 Å². The predicted octanol–water partition coefficient (Wildman–Crippen LogP) is 5.92. The number of fused-ring (bicyclic) bond motifs is 2. The Morgan fingerprint density at radius 3 is 2.61 bits per heavy atom. The van der Waals surface area contributed by atoms with Crippen molar-refractivity contribution >= 4 is 21.7 Å². The summed E-state index contributed by atoms with van der Waals surface area (Å²) in [6, 6.07) is 13.9. The van der Waals surface area contributed by atoms with E-state index < -0.39 is 0 Å². The maximum absolute atomic E-state index is 5.06. The third kappa shape index (κ3) is 2.17. The average molecular weight is 301 g/mol. The van der Waals surface area contributed by atoms with E-state index in [1.165, 1.54) is 83.4 Å². The number of rotatable bonds is 1. The van der Waals surface area contributed by atoms with Crippen molar-refractivity contribution in [2.75, 3.05) is 0 Å². The highest BCUT2D eigenvalue weighted by Gasteiger charge is 2.19. The highest BCUT2D eigenvalue weighted by Crippen LogP contribution is 2.38. The number of hydrogen-bond acceptors (Lipinski definition) is 1. The van der Waals surface area contributed by atoms with E-state index in [2.05, 4.69) is 36.4 Å². The molecule has 2 aliphatic carbocycles. The molecule has 0 amide bonds. The molecule has 2 aromatic carbocycles. The van der Waals surface area contributed by atoms with Crippen LogP contribution in [0, 0.1) is 0 Å². The highest BCUT2D eigenvalue weighted by atomic mass is 14.7. The van der Waals surface area contributed by atoms with Crippen LogP contribution in [0.15, 0.2) is 36.4 Å². The van der Waals surface area contributed by atoms with Gasteiger partial charge in [-0.3, -0.25) is 4.98 Å². The predicted molar refractivity (Wildman–Crippen MR) is 97.1 cm³/mol. The largest absolute Gasteiger partial charge is 0.252 e. The van der Waals surface area contributed by atoms with Crippen LogP contribution in [0.3, 0.4) is 0 Å². The van der Waals surface area contributed by atoms with Crippen LogP contribution < -0.4 is 0 Å². The van der Waals surface area contributed by atoms with E-state index in [0.717, 1.165) is 12.3 Å². The van der Waals surface area contributed by atoms with Gasteiger partial charge in [-0.25, -0.2) is 0 Å². The zero-order valence-corrected chi connectivity index (χ0v) is 13.6. The van der Waals surface area contributed by atoms with Crippen molar-refractivity contribution in [1.82, 2.24) is 4.98 Å². The molecule has 0 saturated heterocycles. The van der Waals surface area contributed by atoms with Gasteiger partial charge in [-0.15, -0.1) is 0 Å². The van der Waals surface area contributed by atoms with Gasteiger partial charge in [0.1, 0.15) is 0 Å². The van der Waals surface area contributed by atoms with Gasteiger partial charge in [-0.05, 0) is 73.1 Å². The monoisotopic (exact) mass is 301 g/mol. The summed E-state index contributed by atoms with van der Waals surface area (Å²) < 4.78 is 0. The van der Waals surface area contributed by atoms with Crippen LogP contribution in [0.4, 0.5) is 0 Å². The fourth-order valence-electron chi connectivity index (χ4n) is 4.74. The number of aromatic nitrogens is 1. The Bertz CT molecular complexity index is 887. The van der Waals surface area contributed by atoms with E-state index in [-0.39, 0.29) is 0 Å². The van der Waals surface area contributed by atoms with E-state index in [4.69, 9.17) is 4.98 Å². The van der Waals surface area contributed by atoms with E-state index in [0.29, 0.717) is 0 Å². The molecule has 2 aliphatic rings. The minimum Gasteiger partial charge on any atom is -0.252 e. The van der Waals surface area contributed by atoms with Crippen LogP contribution in [0.1, 0.15) is 61.3 Å². The molecule has 116 valence electrons. The van der Waals surface area contributed by atoms with Gasteiger partial charge in [0.15, 0.2) is 0 Å². The summed E-state index contributed by atoms with van der Waals surface area (Å²) in [4.78, 5) is 5.06. The fourth-order valence-corrected chi connectivity index (χ4v) is 4.74. The molecule has 0 bridgehead atoms. The fraction of sp³-hybridized carbons (Fsp3) is 0.409. The molecule has 1 heterocycles. The summed E-state index contributed by atoms with van der Waals surface area (Å²) >= 11 is 0. The van der Waals surface area contributed by atoms with Crippen LogP contribution in [-0.2, 0) is 12.8 Å². The maximum Gasteiger partial charge on any atom is 0.0711 e. The zero-order valence-electron chi connectivity index (χ0n) is 13.6. The maximum atomic E-state index is 5.06. The average Bonchev–Trinajstić information content (AvgIpc) is 3.05. The molecule has 23 heavy (non-hydrogen) atoms.